The molecule has 0 spiro atoms. The maximum atomic E-state index is 10.3. The number of benzene rings is 1. The average molecular weight is 305 g/mol. The van der Waals surface area contributed by atoms with E-state index in [1.807, 2.05) is 38.1 Å². The average Bonchev–Trinajstić information content (AvgIpc) is 2.98. The summed E-state index contributed by atoms with van der Waals surface area (Å²) < 4.78 is 5.66. The smallest absolute Gasteiger partial charge is 0.120 e. The van der Waals surface area contributed by atoms with Gasteiger partial charge in [0, 0.05) is 12.6 Å². The Hall–Kier alpha value is -1.36. The maximum Gasteiger partial charge on any atom is 0.120 e. The van der Waals surface area contributed by atoms with Gasteiger partial charge in [-0.25, -0.2) is 0 Å². The Bertz CT molecular complexity index is 539. The third kappa shape index (κ3) is 4.84. The SMILES string of the molecule is CC(C)Oc1cccc(C(O)CNC(C)c2ccsc2)c1. The standard InChI is InChI=1S/C17H23NO2S/c1-12(2)20-16-6-4-5-14(9-16)17(19)10-18-13(3)15-7-8-21-11-15/h4-9,11-13,17-19H,10H2,1-3H3. The summed E-state index contributed by atoms with van der Waals surface area (Å²) in [6.07, 6.45) is -0.407. The van der Waals surface area contributed by atoms with E-state index in [0.717, 1.165) is 11.3 Å². The predicted octanol–water partition coefficient (Wildman–Crippen LogP) is 3.92. The number of hydrogen-bond acceptors (Lipinski definition) is 4. The van der Waals surface area contributed by atoms with E-state index in [-0.39, 0.29) is 12.1 Å². The summed E-state index contributed by atoms with van der Waals surface area (Å²) in [5, 5.41) is 17.9. The van der Waals surface area contributed by atoms with E-state index in [4.69, 9.17) is 4.74 Å². The van der Waals surface area contributed by atoms with Crippen molar-refractivity contribution < 1.29 is 9.84 Å². The molecule has 0 saturated carbocycles. The van der Waals surface area contributed by atoms with Crippen LogP contribution in [0.5, 0.6) is 5.75 Å². The number of nitrogens with one attached hydrogen (secondary N) is 1. The molecule has 0 fully saturated rings. The van der Waals surface area contributed by atoms with E-state index in [2.05, 4.69) is 29.1 Å². The lowest BCUT2D eigenvalue weighted by Crippen LogP contribution is -2.24. The van der Waals surface area contributed by atoms with Gasteiger partial charge < -0.3 is 15.2 Å². The largest absolute Gasteiger partial charge is 0.491 e. The first-order valence-electron chi connectivity index (χ1n) is 7.26. The van der Waals surface area contributed by atoms with Gasteiger partial charge in [0.2, 0.25) is 0 Å². The van der Waals surface area contributed by atoms with Crippen LogP contribution in [0.2, 0.25) is 0 Å². The van der Waals surface area contributed by atoms with Gasteiger partial charge in [-0.05, 0) is 60.9 Å². The molecule has 0 aliphatic carbocycles. The minimum Gasteiger partial charge on any atom is -0.491 e. The Labute approximate surface area is 130 Å². The van der Waals surface area contributed by atoms with E-state index in [9.17, 15) is 5.11 Å². The van der Waals surface area contributed by atoms with Crippen molar-refractivity contribution in [1.82, 2.24) is 5.32 Å². The Morgan fingerprint density at radius 3 is 2.67 bits per heavy atom. The van der Waals surface area contributed by atoms with Crippen LogP contribution in [-0.2, 0) is 0 Å². The van der Waals surface area contributed by atoms with E-state index >= 15 is 0 Å². The van der Waals surface area contributed by atoms with Crippen LogP contribution >= 0.6 is 11.3 Å². The summed E-state index contributed by atoms with van der Waals surface area (Å²) in [5.41, 5.74) is 2.13. The van der Waals surface area contributed by atoms with Crippen molar-refractivity contribution in [3.05, 3.63) is 52.2 Å². The highest BCUT2D eigenvalue weighted by molar-refractivity contribution is 7.07. The topological polar surface area (TPSA) is 41.5 Å². The molecule has 0 aliphatic heterocycles. The summed E-state index contributed by atoms with van der Waals surface area (Å²) in [7, 11) is 0. The van der Waals surface area contributed by atoms with Gasteiger partial charge in [-0.3, -0.25) is 0 Å². The van der Waals surface area contributed by atoms with Crippen molar-refractivity contribution in [2.24, 2.45) is 0 Å². The van der Waals surface area contributed by atoms with Crippen molar-refractivity contribution in [3.63, 3.8) is 0 Å². The normalized spacial score (nSPS) is 14.1. The quantitative estimate of drug-likeness (QED) is 0.814. The van der Waals surface area contributed by atoms with Crippen molar-refractivity contribution in [2.45, 2.75) is 39.0 Å². The van der Waals surface area contributed by atoms with E-state index < -0.39 is 6.10 Å². The van der Waals surface area contributed by atoms with E-state index in [1.165, 1.54) is 5.56 Å². The number of thiophene rings is 1. The molecule has 2 unspecified atom stereocenters. The highest BCUT2D eigenvalue weighted by Gasteiger charge is 2.12. The molecule has 0 bridgehead atoms. The first-order chi connectivity index (χ1) is 10.1. The molecular weight excluding hydrogens is 282 g/mol. The van der Waals surface area contributed by atoms with Crippen LogP contribution in [0, 0.1) is 0 Å². The molecule has 2 rings (SSSR count). The van der Waals surface area contributed by atoms with Crippen LogP contribution in [0.25, 0.3) is 0 Å². The number of hydrogen-bond donors (Lipinski definition) is 2. The lowest BCUT2D eigenvalue weighted by molar-refractivity contribution is 0.169. The van der Waals surface area contributed by atoms with Gasteiger partial charge in [0.15, 0.2) is 0 Å². The Balaban J connectivity index is 1.92. The molecule has 1 heterocycles. The molecule has 21 heavy (non-hydrogen) atoms. The fraction of sp³-hybridized carbons (Fsp3) is 0.412. The van der Waals surface area contributed by atoms with Gasteiger partial charge in [-0.15, -0.1) is 0 Å². The molecule has 114 valence electrons. The van der Waals surface area contributed by atoms with E-state index in [1.54, 1.807) is 11.3 Å². The summed E-state index contributed by atoms with van der Waals surface area (Å²) in [5.74, 6) is 0.799. The fourth-order valence-corrected chi connectivity index (χ4v) is 2.87. The van der Waals surface area contributed by atoms with Crippen LogP contribution in [0.15, 0.2) is 41.1 Å². The second-order valence-corrected chi connectivity index (χ2v) is 6.22. The Morgan fingerprint density at radius 2 is 2.00 bits per heavy atom. The van der Waals surface area contributed by atoms with Crippen molar-refractivity contribution in [1.29, 1.82) is 0 Å². The van der Waals surface area contributed by atoms with Crippen LogP contribution in [-0.4, -0.2) is 17.8 Å². The number of aliphatic hydroxyl groups is 1. The molecule has 0 aliphatic rings. The van der Waals surface area contributed by atoms with Gasteiger partial charge in [0.1, 0.15) is 5.75 Å². The number of rotatable bonds is 7. The van der Waals surface area contributed by atoms with Gasteiger partial charge in [-0.1, -0.05) is 12.1 Å². The highest BCUT2D eigenvalue weighted by atomic mass is 32.1. The molecule has 1 aromatic heterocycles. The summed E-state index contributed by atoms with van der Waals surface area (Å²) in [4.78, 5) is 0. The van der Waals surface area contributed by atoms with Crippen molar-refractivity contribution >= 4 is 11.3 Å². The van der Waals surface area contributed by atoms with Crippen molar-refractivity contribution in [2.75, 3.05) is 6.54 Å². The van der Waals surface area contributed by atoms with Crippen molar-refractivity contribution in [3.8, 4) is 5.75 Å². The van der Waals surface area contributed by atoms with E-state index in [0.29, 0.717) is 6.54 Å². The molecule has 0 saturated heterocycles. The lowest BCUT2D eigenvalue weighted by Gasteiger charge is -2.18. The molecule has 0 radical (unpaired) electrons. The molecule has 0 amide bonds. The molecule has 2 aromatic rings. The summed E-state index contributed by atoms with van der Waals surface area (Å²) in [6, 6.07) is 10.00. The molecule has 2 N–H and O–H groups in total. The molecule has 3 nitrogen and oxygen atoms in total. The lowest BCUT2D eigenvalue weighted by atomic mass is 10.1. The minimum absolute atomic E-state index is 0.133. The van der Waals surface area contributed by atoms with Crippen LogP contribution in [0.3, 0.4) is 0 Å². The fourth-order valence-electron chi connectivity index (χ4n) is 2.11. The van der Waals surface area contributed by atoms with Crippen LogP contribution < -0.4 is 10.1 Å². The third-order valence-electron chi connectivity index (χ3n) is 3.28. The highest BCUT2D eigenvalue weighted by Crippen LogP contribution is 2.21. The zero-order chi connectivity index (χ0) is 15.2. The summed E-state index contributed by atoms with van der Waals surface area (Å²) >= 11 is 1.69. The third-order valence-corrected chi connectivity index (χ3v) is 3.98. The monoisotopic (exact) mass is 305 g/mol. The molecule has 2 atom stereocenters. The zero-order valence-electron chi connectivity index (χ0n) is 12.7. The number of ether oxygens (including phenoxy) is 1. The maximum absolute atomic E-state index is 10.3. The van der Waals surface area contributed by atoms with Crippen LogP contribution in [0.1, 0.15) is 44.0 Å². The minimum atomic E-state index is -0.540. The molecule has 1 aromatic carbocycles. The van der Waals surface area contributed by atoms with Gasteiger partial charge in [-0.2, -0.15) is 11.3 Å². The molecule has 4 heteroatoms. The predicted molar refractivity (Wildman–Crippen MR) is 87.9 cm³/mol. The van der Waals surface area contributed by atoms with Gasteiger partial charge in [0.25, 0.3) is 0 Å². The Kier molecular flexibility index (Phi) is 5.79. The Morgan fingerprint density at radius 1 is 1.19 bits per heavy atom. The van der Waals surface area contributed by atoms with Crippen LogP contribution in [0.4, 0.5) is 0 Å². The second-order valence-electron chi connectivity index (χ2n) is 5.44. The zero-order valence-corrected chi connectivity index (χ0v) is 13.6. The molecular formula is C17H23NO2S. The first kappa shape index (κ1) is 16.0. The second kappa shape index (κ2) is 7.59. The van der Waals surface area contributed by atoms with Gasteiger partial charge >= 0.3 is 0 Å². The summed E-state index contributed by atoms with van der Waals surface area (Å²) in [6.45, 7) is 6.61. The number of aliphatic hydroxyl groups excluding tert-OH is 1. The first-order valence-corrected chi connectivity index (χ1v) is 8.20. The van der Waals surface area contributed by atoms with Gasteiger partial charge in [0.05, 0.1) is 12.2 Å².